The molecule has 0 radical (unpaired) electrons. The second kappa shape index (κ2) is 4.80. The number of aromatic amines is 1. The lowest BCUT2D eigenvalue weighted by atomic mass is 10.1. The van der Waals surface area contributed by atoms with Crippen LogP contribution in [0.4, 0.5) is 13.2 Å². The second-order valence-electron chi connectivity index (χ2n) is 3.68. The highest BCUT2D eigenvalue weighted by atomic mass is 35.5. The van der Waals surface area contributed by atoms with Crippen LogP contribution in [0.15, 0.2) is 24.3 Å². The monoisotopic (exact) mass is 304 g/mol. The van der Waals surface area contributed by atoms with Gasteiger partial charge in [0.1, 0.15) is 11.8 Å². The Bertz CT molecular complexity index is 651. The van der Waals surface area contributed by atoms with Crippen molar-refractivity contribution in [2.45, 2.75) is 6.18 Å². The zero-order valence-corrected chi connectivity index (χ0v) is 10.7. The predicted molar refractivity (Wildman–Crippen MR) is 66.0 cm³/mol. The van der Waals surface area contributed by atoms with E-state index in [0.717, 1.165) is 0 Å². The van der Waals surface area contributed by atoms with E-state index in [1.165, 1.54) is 24.3 Å². The number of rotatable bonds is 1. The molecule has 2 rings (SSSR count). The molecule has 0 aliphatic heterocycles. The predicted octanol–water partition coefficient (Wildman–Crippen LogP) is 4.88. The molecule has 0 saturated heterocycles. The molecule has 2 nitrogen and oxygen atoms in total. The Morgan fingerprint density at radius 2 is 1.68 bits per heavy atom. The molecule has 0 bridgehead atoms. The van der Waals surface area contributed by atoms with Crippen LogP contribution in [0.25, 0.3) is 11.3 Å². The fourth-order valence-electron chi connectivity index (χ4n) is 1.61. The normalized spacial score (nSPS) is 11.4. The van der Waals surface area contributed by atoms with E-state index in [9.17, 15) is 13.2 Å². The molecule has 0 saturated carbocycles. The molecule has 1 aromatic heterocycles. The van der Waals surface area contributed by atoms with Crippen LogP contribution in [0, 0.1) is 11.3 Å². The molecule has 0 atom stereocenters. The number of nitrogens with one attached hydrogen (secondary N) is 1. The number of hydrogen-bond acceptors (Lipinski definition) is 1. The maximum Gasteiger partial charge on any atom is 0.432 e. The van der Waals surface area contributed by atoms with Gasteiger partial charge in [-0.15, -0.1) is 0 Å². The van der Waals surface area contributed by atoms with Gasteiger partial charge in [0.15, 0.2) is 0 Å². The summed E-state index contributed by atoms with van der Waals surface area (Å²) >= 11 is 11.3. The Labute approximate surface area is 116 Å². The molecule has 19 heavy (non-hydrogen) atoms. The van der Waals surface area contributed by atoms with Gasteiger partial charge in [-0.05, 0) is 17.7 Å². The van der Waals surface area contributed by atoms with E-state index in [1.807, 2.05) is 0 Å². The van der Waals surface area contributed by atoms with E-state index in [1.54, 1.807) is 6.07 Å². The number of halogens is 5. The average molecular weight is 305 g/mol. The Hall–Kier alpha value is -1.64. The summed E-state index contributed by atoms with van der Waals surface area (Å²) in [5, 5.41) is 8.76. The van der Waals surface area contributed by atoms with Gasteiger partial charge in [0.2, 0.25) is 0 Å². The van der Waals surface area contributed by atoms with Gasteiger partial charge in [-0.25, -0.2) is 0 Å². The molecule has 0 amide bonds. The molecule has 0 aliphatic carbocycles. The standard InChI is InChI=1S/C12H5Cl2F3N2/c13-7-3-1-6(2-4-7)10-8(5-18)9(14)11(19-10)12(15,16)17/h1-4,19H. The third-order valence-corrected chi connectivity index (χ3v) is 3.10. The molecule has 2 aromatic rings. The van der Waals surface area contributed by atoms with Gasteiger partial charge in [0.05, 0.1) is 16.3 Å². The number of hydrogen-bond donors (Lipinski definition) is 1. The van der Waals surface area contributed by atoms with Crippen molar-refractivity contribution in [1.29, 1.82) is 5.26 Å². The molecule has 0 unspecified atom stereocenters. The molecule has 1 N–H and O–H groups in total. The lowest BCUT2D eigenvalue weighted by molar-refractivity contribution is -0.140. The van der Waals surface area contributed by atoms with E-state index in [2.05, 4.69) is 4.98 Å². The summed E-state index contributed by atoms with van der Waals surface area (Å²) in [4.78, 5) is 2.15. The van der Waals surface area contributed by atoms with Crippen LogP contribution in [-0.4, -0.2) is 4.98 Å². The fourth-order valence-corrected chi connectivity index (χ4v) is 2.03. The van der Waals surface area contributed by atoms with Gasteiger partial charge in [-0.2, -0.15) is 18.4 Å². The highest BCUT2D eigenvalue weighted by Crippen LogP contribution is 2.40. The van der Waals surface area contributed by atoms with E-state index < -0.39 is 16.9 Å². The van der Waals surface area contributed by atoms with E-state index in [0.29, 0.717) is 10.6 Å². The maximum atomic E-state index is 12.7. The van der Waals surface area contributed by atoms with Gasteiger partial charge in [0.25, 0.3) is 0 Å². The molecular weight excluding hydrogens is 300 g/mol. The number of benzene rings is 1. The summed E-state index contributed by atoms with van der Waals surface area (Å²) in [7, 11) is 0. The molecule has 0 aliphatic rings. The molecular formula is C12H5Cl2F3N2. The first-order valence-corrected chi connectivity index (χ1v) is 5.75. The first-order chi connectivity index (χ1) is 8.84. The smallest absolute Gasteiger partial charge is 0.349 e. The Balaban J connectivity index is 2.65. The zero-order valence-electron chi connectivity index (χ0n) is 9.15. The van der Waals surface area contributed by atoms with Crippen LogP contribution in [0.3, 0.4) is 0 Å². The number of aromatic nitrogens is 1. The Kier molecular flexibility index (Phi) is 3.48. The minimum Gasteiger partial charge on any atom is -0.349 e. The SMILES string of the molecule is N#Cc1c(-c2ccc(Cl)cc2)[nH]c(C(F)(F)F)c1Cl. The molecule has 1 aromatic carbocycles. The van der Waals surface area contributed by atoms with Gasteiger partial charge in [0, 0.05) is 5.02 Å². The molecule has 1 heterocycles. The number of H-pyrrole nitrogens is 1. The highest BCUT2D eigenvalue weighted by Gasteiger charge is 2.37. The summed E-state index contributed by atoms with van der Waals surface area (Å²) in [5.41, 5.74) is -0.943. The Morgan fingerprint density at radius 1 is 1.11 bits per heavy atom. The summed E-state index contributed by atoms with van der Waals surface area (Å²) in [6.45, 7) is 0. The van der Waals surface area contributed by atoms with Gasteiger partial charge in [-0.1, -0.05) is 35.3 Å². The van der Waals surface area contributed by atoms with Crippen molar-refractivity contribution in [2.24, 2.45) is 0 Å². The van der Waals surface area contributed by atoms with E-state index in [-0.39, 0.29) is 11.3 Å². The topological polar surface area (TPSA) is 39.6 Å². The first kappa shape index (κ1) is 13.8. The van der Waals surface area contributed by atoms with Gasteiger partial charge in [-0.3, -0.25) is 0 Å². The van der Waals surface area contributed by atoms with Crippen LogP contribution in [-0.2, 0) is 6.18 Å². The number of nitriles is 1. The van der Waals surface area contributed by atoms with E-state index in [4.69, 9.17) is 28.5 Å². The van der Waals surface area contributed by atoms with Crippen LogP contribution < -0.4 is 0 Å². The third-order valence-electron chi connectivity index (χ3n) is 2.47. The van der Waals surface area contributed by atoms with Crippen molar-refractivity contribution < 1.29 is 13.2 Å². The van der Waals surface area contributed by atoms with Gasteiger partial charge >= 0.3 is 6.18 Å². The molecule has 98 valence electrons. The van der Waals surface area contributed by atoms with Crippen molar-refractivity contribution in [1.82, 2.24) is 4.98 Å². The quantitative estimate of drug-likeness (QED) is 0.801. The van der Waals surface area contributed by atoms with Crippen molar-refractivity contribution >= 4 is 23.2 Å². The molecule has 7 heteroatoms. The zero-order chi connectivity index (χ0) is 14.2. The largest absolute Gasteiger partial charge is 0.432 e. The lowest BCUT2D eigenvalue weighted by Crippen LogP contribution is -2.05. The van der Waals surface area contributed by atoms with Gasteiger partial charge < -0.3 is 4.98 Å². The minimum absolute atomic E-state index is 0.0245. The van der Waals surface area contributed by atoms with Crippen molar-refractivity contribution in [3.05, 3.63) is 45.6 Å². The highest BCUT2D eigenvalue weighted by molar-refractivity contribution is 6.33. The van der Waals surface area contributed by atoms with E-state index >= 15 is 0 Å². The van der Waals surface area contributed by atoms with Crippen LogP contribution in [0.2, 0.25) is 10.0 Å². The average Bonchev–Trinajstić information content (AvgIpc) is 2.67. The summed E-state index contributed by atoms with van der Waals surface area (Å²) in [5.74, 6) is 0. The summed E-state index contributed by atoms with van der Waals surface area (Å²) in [6.07, 6.45) is -4.65. The summed E-state index contributed by atoms with van der Waals surface area (Å²) in [6, 6.07) is 7.71. The lowest BCUT2D eigenvalue weighted by Gasteiger charge is -2.03. The minimum atomic E-state index is -4.65. The number of nitrogens with zero attached hydrogens (tertiary/aromatic N) is 1. The summed E-state index contributed by atoms with van der Waals surface area (Å²) < 4.78 is 38.1. The van der Waals surface area contributed by atoms with Crippen LogP contribution in [0.1, 0.15) is 11.3 Å². The van der Waals surface area contributed by atoms with Crippen molar-refractivity contribution in [2.75, 3.05) is 0 Å². The fraction of sp³-hybridized carbons (Fsp3) is 0.0833. The molecule has 0 fully saturated rings. The number of alkyl halides is 3. The van der Waals surface area contributed by atoms with Crippen molar-refractivity contribution in [3.8, 4) is 17.3 Å². The third kappa shape index (κ3) is 2.55. The van der Waals surface area contributed by atoms with Crippen LogP contribution in [0.5, 0.6) is 0 Å². The molecule has 0 spiro atoms. The first-order valence-electron chi connectivity index (χ1n) is 4.99. The van der Waals surface area contributed by atoms with Crippen LogP contribution >= 0.6 is 23.2 Å². The van der Waals surface area contributed by atoms with Crippen molar-refractivity contribution in [3.63, 3.8) is 0 Å². The maximum absolute atomic E-state index is 12.7. The second-order valence-corrected chi connectivity index (χ2v) is 4.49. The Morgan fingerprint density at radius 3 is 2.16 bits per heavy atom.